The average Bonchev–Trinajstić information content (AvgIpc) is 3.02. The molecule has 2 aromatic heterocycles. The van der Waals surface area contributed by atoms with Gasteiger partial charge >= 0.3 is 0 Å². The van der Waals surface area contributed by atoms with Crippen LogP contribution in [0.2, 0.25) is 14.4 Å². The molecule has 3 nitrogen and oxygen atoms in total. The van der Waals surface area contributed by atoms with Gasteiger partial charge in [-0.15, -0.1) is 11.3 Å². The lowest BCUT2D eigenvalue weighted by atomic mass is 10.2. The molecule has 2 heterocycles. The minimum absolute atomic E-state index is 0.0658. The van der Waals surface area contributed by atoms with Gasteiger partial charge in [-0.05, 0) is 25.1 Å². The number of hydrogen-bond acceptors (Lipinski definition) is 5. The molecule has 0 spiro atoms. The highest BCUT2D eigenvalue weighted by molar-refractivity contribution is 7.16. The fraction of sp³-hybridized carbons (Fsp3) is 0.167. The maximum absolute atomic E-state index is 6.27. The Morgan fingerprint density at radius 2 is 1.85 bits per heavy atom. The maximum Gasteiger partial charge on any atom is 0.130 e. The second-order valence-corrected chi connectivity index (χ2v) is 7.27. The highest BCUT2D eigenvalue weighted by Crippen LogP contribution is 2.38. The summed E-state index contributed by atoms with van der Waals surface area (Å²) in [6.45, 7) is 2.04. The van der Waals surface area contributed by atoms with Gasteiger partial charge in [0.05, 0.1) is 37.8 Å². The number of nitrogens with zero attached hydrogens (tertiary/aromatic N) is 2. The zero-order valence-corrected chi connectivity index (χ0v) is 14.1. The zero-order valence-electron chi connectivity index (χ0n) is 10.2. The van der Waals surface area contributed by atoms with Gasteiger partial charge in [0.1, 0.15) is 11.0 Å². The van der Waals surface area contributed by atoms with E-state index < -0.39 is 0 Å². The van der Waals surface area contributed by atoms with Crippen molar-refractivity contribution in [2.45, 2.75) is 13.0 Å². The lowest BCUT2D eigenvalue weighted by Gasteiger charge is -2.15. The van der Waals surface area contributed by atoms with Crippen LogP contribution in [-0.2, 0) is 0 Å². The SMILES string of the molecule is CC(Nc1c(Cl)cc(Cl)c2nsnc12)c1ccc(Cl)s1. The predicted octanol–water partition coefficient (Wildman–Crippen LogP) is 5.89. The first kappa shape index (κ1) is 14.4. The molecular weight excluding hydrogens is 357 g/mol. The third-order valence-corrected chi connectivity index (χ3v) is 5.35. The van der Waals surface area contributed by atoms with Crippen molar-refractivity contribution in [1.29, 1.82) is 0 Å². The van der Waals surface area contributed by atoms with Crippen LogP contribution in [0.15, 0.2) is 18.2 Å². The van der Waals surface area contributed by atoms with Crippen molar-refractivity contribution in [2.24, 2.45) is 0 Å². The molecule has 1 N–H and O–H groups in total. The van der Waals surface area contributed by atoms with Gasteiger partial charge in [-0.3, -0.25) is 0 Å². The summed E-state index contributed by atoms with van der Waals surface area (Å²) in [5.74, 6) is 0. The molecule has 0 fully saturated rings. The number of nitrogens with one attached hydrogen (secondary N) is 1. The molecule has 0 amide bonds. The lowest BCUT2D eigenvalue weighted by Crippen LogP contribution is -2.06. The van der Waals surface area contributed by atoms with Crippen LogP contribution in [0.5, 0.6) is 0 Å². The fourth-order valence-electron chi connectivity index (χ4n) is 1.86. The van der Waals surface area contributed by atoms with Gasteiger partial charge in [0.15, 0.2) is 0 Å². The summed E-state index contributed by atoms with van der Waals surface area (Å²) >= 11 is 21.0. The van der Waals surface area contributed by atoms with Crippen molar-refractivity contribution in [3.63, 3.8) is 0 Å². The van der Waals surface area contributed by atoms with E-state index >= 15 is 0 Å². The molecule has 0 aliphatic rings. The quantitative estimate of drug-likeness (QED) is 0.630. The zero-order chi connectivity index (χ0) is 14.3. The van der Waals surface area contributed by atoms with Crippen molar-refractivity contribution in [3.8, 4) is 0 Å². The third kappa shape index (κ3) is 2.61. The summed E-state index contributed by atoms with van der Waals surface area (Å²) in [4.78, 5) is 1.12. The van der Waals surface area contributed by atoms with Gasteiger partial charge < -0.3 is 5.32 Å². The summed E-state index contributed by atoms with van der Waals surface area (Å²) < 4.78 is 9.21. The number of anilines is 1. The number of fused-ring (bicyclic) bond motifs is 1. The Morgan fingerprint density at radius 3 is 2.55 bits per heavy atom. The molecule has 20 heavy (non-hydrogen) atoms. The Balaban J connectivity index is 2.00. The van der Waals surface area contributed by atoms with E-state index in [2.05, 4.69) is 14.1 Å². The summed E-state index contributed by atoms with van der Waals surface area (Å²) in [5.41, 5.74) is 2.11. The molecule has 8 heteroatoms. The lowest BCUT2D eigenvalue weighted by molar-refractivity contribution is 0.910. The largest absolute Gasteiger partial charge is 0.375 e. The molecule has 0 aliphatic heterocycles. The first-order valence-corrected chi connectivity index (χ1v) is 8.36. The highest BCUT2D eigenvalue weighted by atomic mass is 35.5. The molecule has 0 radical (unpaired) electrons. The van der Waals surface area contributed by atoms with Gasteiger partial charge in [0.2, 0.25) is 0 Å². The van der Waals surface area contributed by atoms with Crippen LogP contribution in [-0.4, -0.2) is 8.75 Å². The molecule has 3 aromatic rings. The van der Waals surface area contributed by atoms with Crippen molar-refractivity contribution in [2.75, 3.05) is 5.32 Å². The Hall–Kier alpha value is -0.590. The van der Waals surface area contributed by atoms with E-state index in [0.29, 0.717) is 21.1 Å². The summed E-state index contributed by atoms with van der Waals surface area (Å²) in [7, 11) is 0. The number of halogens is 3. The Morgan fingerprint density at radius 1 is 1.10 bits per heavy atom. The number of aromatic nitrogens is 2. The number of rotatable bonds is 3. The van der Waals surface area contributed by atoms with Crippen molar-refractivity contribution >= 4 is 74.6 Å². The molecule has 0 saturated heterocycles. The Labute approximate surface area is 138 Å². The molecule has 0 bridgehead atoms. The summed E-state index contributed by atoms with van der Waals surface area (Å²) in [6, 6.07) is 5.62. The van der Waals surface area contributed by atoms with Gasteiger partial charge in [-0.1, -0.05) is 34.8 Å². The first-order chi connectivity index (χ1) is 9.56. The van der Waals surface area contributed by atoms with Crippen LogP contribution in [0.4, 0.5) is 5.69 Å². The van der Waals surface area contributed by atoms with Crippen molar-refractivity contribution in [1.82, 2.24) is 8.75 Å². The average molecular weight is 365 g/mol. The van der Waals surface area contributed by atoms with Crippen LogP contribution in [0.1, 0.15) is 17.8 Å². The van der Waals surface area contributed by atoms with E-state index in [-0.39, 0.29) is 6.04 Å². The normalized spacial score (nSPS) is 12.8. The van der Waals surface area contributed by atoms with Gasteiger partial charge in [0, 0.05) is 4.88 Å². The second kappa shape index (κ2) is 5.66. The third-order valence-electron chi connectivity index (χ3n) is 2.83. The second-order valence-electron chi connectivity index (χ2n) is 4.18. The van der Waals surface area contributed by atoms with E-state index in [1.165, 1.54) is 11.3 Å². The van der Waals surface area contributed by atoms with Crippen LogP contribution < -0.4 is 5.32 Å². The molecular formula is C12H8Cl3N3S2. The van der Waals surface area contributed by atoms with Gasteiger partial charge in [-0.25, -0.2) is 0 Å². The van der Waals surface area contributed by atoms with E-state index in [9.17, 15) is 0 Å². The van der Waals surface area contributed by atoms with Gasteiger partial charge in [0.25, 0.3) is 0 Å². The maximum atomic E-state index is 6.27. The Kier molecular flexibility index (Phi) is 4.06. The van der Waals surface area contributed by atoms with Crippen LogP contribution in [0.3, 0.4) is 0 Å². The number of hydrogen-bond donors (Lipinski definition) is 1. The fourth-order valence-corrected chi connectivity index (χ4v) is 4.09. The van der Waals surface area contributed by atoms with Crippen molar-refractivity contribution < 1.29 is 0 Å². The molecule has 1 unspecified atom stereocenters. The monoisotopic (exact) mass is 363 g/mol. The molecule has 3 rings (SSSR count). The minimum Gasteiger partial charge on any atom is -0.375 e. The van der Waals surface area contributed by atoms with E-state index in [1.54, 1.807) is 6.07 Å². The van der Waals surface area contributed by atoms with Gasteiger partial charge in [-0.2, -0.15) is 8.75 Å². The summed E-state index contributed by atoms with van der Waals surface area (Å²) in [5, 5.41) is 4.40. The van der Waals surface area contributed by atoms with E-state index in [1.807, 2.05) is 19.1 Å². The molecule has 0 aliphatic carbocycles. The summed E-state index contributed by atoms with van der Waals surface area (Å²) in [6.07, 6.45) is 0. The number of benzene rings is 1. The van der Waals surface area contributed by atoms with Crippen LogP contribution in [0, 0.1) is 0 Å². The number of thiophene rings is 1. The van der Waals surface area contributed by atoms with Crippen LogP contribution >= 0.6 is 57.9 Å². The topological polar surface area (TPSA) is 37.8 Å². The Bertz CT molecular complexity index is 768. The van der Waals surface area contributed by atoms with Crippen molar-refractivity contribution in [3.05, 3.63) is 37.5 Å². The standard InChI is InChI=1S/C12H8Cl3N3S2/c1-5(8-2-3-9(15)19-8)16-10-6(13)4-7(14)11-12(10)18-20-17-11/h2-5,16H,1H3. The first-order valence-electron chi connectivity index (χ1n) is 5.68. The van der Waals surface area contributed by atoms with Crippen LogP contribution in [0.25, 0.3) is 11.0 Å². The molecule has 104 valence electrons. The molecule has 0 saturated carbocycles. The highest BCUT2D eigenvalue weighted by Gasteiger charge is 2.17. The predicted molar refractivity (Wildman–Crippen MR) is 88.8 cm³/mol. The molecule has 1 aromatic carbocycles. The van der Waals surface area contributed by atoms with E-state index in [0.717, 1.165) is 26.6 Å². The minimum atomic E-state index is 0.0658. The smallest absolute Gasteiger partial charge is 0.130 e. The van der Waals surface area contributed by atoms with E-state index in [4.69, 9.17) is 34.8 Å². The molecule has 1 atom stereocenters.